The van der Waals surface area contributed by atoms with E-state index in [1.54, 1.807) is 13.3 Å². The van der Waals surface area contributed by atoms with Gasteiger partial charge in [-0.05, 0) is 48.0 Å². The summed E-state index contributed by atoms with van der Waals surface area (Å²) in [7, 11) is 1.62. The highest BCUT2D eigenvalue weighted by atomic mass is 16.5. The first-order valence-corrected chi connectivity index (χ1v) is 9.28. The minimum absolute atomic E-state index is 0.157. The summed E-state index contributed by atoms with van der Waals surface area (Å²) in [5.41, 5.74) is 3.24. The Kier molecular flexibility index (Phi) is 5.42. The number of nitrogens with zero attached hydrogens (tertiary/aromatic N) is 1. The Morgan fingerprint density at radius 2 is 1.86 bits per heavy atom. The number of benzene rings is 2. The Morgan fingerprint density at radius 3 is 2.62 bits per heavy atom. The highest BCUT2D eigenvalue weighted by Gasteiger charge is 2.10. The van der Waals surface area contributed by atoms with Crippen molar-refractivity contribution in [3.63, 3.8) is 0 Å². The van der Waals surface area contributed by atoms with Gasteiger partial charge in [-0.2, -0.15) is 0 Å². The molecule has 0 unspecified atom stereocenters. The van der Waals surface area contributed by atoms with Gasteiger partial charge < -0.3 is 19.8 Å². The lowest BCUT2D eigenvalue weighted by atomic mass is 10.2. The Balaban J connectivity index is 1.33. The number of aromatic nitrogens is 2. The van der Waals surface area contributed by atoms with Crippen LogP contribution in [0.3, 0.4) is 0 Å². The van der Waals surface area contributed by atoms with Gasteiger partial charge in [-0.1, -0.05) is 18.2 Å². The van der Waals surface area contributed by atoms with Crippen LogP contribution in [0.15, 0.2) is 72.9 Å². The maximum atomic E-state index is 12.5. The van der Waals surface area contributed by atoms with E-state index < -0.39 is 0 Å². The van der Waals surface area contributed by atoms with E-state index in [0.717, 1.165) is 33.7 Å². The third-order valence-corrected chi connectivity index (χ3v) is 4.56. The van der Waals surface area contributed by atoms with Gasteiger partial charge in [0.05, 0.1) is 12.8 Å². The summed E-state index contributed by atoms with van der Waals surface area (Å²) >= 11 is 0. The molecule has 0 bridgehead atoms. The van der Waals surface area contributed by atoms with Crippen molar-refractivity contribution < 1.29 is 14.3 Å². The fraction of sp³-hybridized carbons (Fsp3) is 0.130. The van der Waals surface area contributed by atoms with Crippen molar-refractivity contribution >= 4 is 16.8 Å². The molecule has 0 saturated heterocycles. The van der Waals surface area contributed by atoms with E-state index in [0.29, 0.717) is 18.8 Å². The first kappa shape index (κ1) is 18.6. The average Bonchev–Trinajstić information content (AvgIpc) is 3.21. The van der Waals surface area contributed by atoms with Crippen LogP contribution in [0, 0.1) is 0 Å². The molecule has 0 spiro atoms. The molecule has 0 fully saturated rings. The van der Waals surface area contributed by atoms with Gasteiger partial charge in [-0.25, -0.2) is 0 Å². The molecule has 29 heavy (non-hydrogen) atoms. The smallest absolute Gasteiger partial charge is 0.267 e. The minimum atomic E-state index is -0.157. The van der Waals surface area contributed by atoms with Crippen LogP contribution in [0.4, 0.5) is 0 Å². The van der Waals surface area contributed by atoms with Crippen molar-refractivity contribution in [2.45, 2.75) is 13.2 Å². The largest absolute Gasteiger partial charge is 0.497 e. The average molecular weight is 387 g/mol. The summed E-state index contributed by atoms with van der Waals surface area (Å²) in [5.74, 6) is 1.35. The van der Waals surface area contributed by atoms with E-state index in [2.05, 4.69) is 15.3 Å². The maximum Gasteiger partial charge on any atom is 0.267 e. The van der Waals surface area contributed by atoms with Gasteiger partial charge in [0.2, 0.25) is 0 Å². The van der Waals surface area contributed by atoms with Gasteiger partial charge in [-0.15, -0.1) is 0 Å². The summed E-state index contributed by atoms with van der Waals surface area (Å²) in [4.78, 5) is 19.8. The van der Waals surface area contributed by atoms with E-state index in [1.165, 1.54) is 0 Å². The molecular weight excluding hydrogens is 366 g/mol. The second-order valence-corrected chi connectivity index (χ2v) is 6.57. The number of nitrogens with one attached hydrogen (secondary N) is 2. The molecule has 0 radical (unpaired) electrons. The number of amides is 1. The Morgan fingerprint density at radius 1 is 1.03 bits per heavy atom. The number of ether oxygens (including phenoxy) is 2. The quantitative estimate of drug-likeness (QED) is 0.501. The molecule has 0 saturated carbocycles. The second-order valence-electron chi connectivity index (χ2n) is 6.57. The lowest BCUT2D eigenvalue weighted by molar-refractivity contribution is 0.0946. The molecule has 0 aliphatic heterocycles. The van der Waals surface area contributed by atoms with Crippen molar-refractivity contribution in [2.75, 3.05) is 7.11 Å². The molecule has 4 aromatic rings. The van der Waals surface area contributed by atoms with Gasteiger partial charge in [0.1, 0.15) is 23.8 Å². The Labute approximate surface area is 168 Å². The van der Waals surface area contributed by atoms with Crippen LogP contribution in [-0.4, -0.2) is 23.0 Å². The molecule has 2 N–H and O–H groups in total. The summed E-state index contributed by atoms with van der Waals surface area (Å²) in [6, 6.07) is 20.9. The molecule has 0 atom stereocenters. The monoisotopic (exact) mass is 387 g/mol. The van der Waals surface area contributed by atoms with Gasteiger partial charge in [0.25, 0.3) is 5.91 Å². The van der Waals surface area contributed by atoms with E-state index in [4.69, 9.17) is 9.47 Å². The number of rotatable bonds is 7. The molecule has 0 aliphatic rings. The van der Waals surface area contributed by atoms with Crippen LogP contribution in [0.1, 0.15) is 21.7 Å². The lowest BCUT2D eigenvalue weighted by Gasteiger charge is -2.08. The molecular formula is C23H21N3O3. The number of carbonyl (C=O) groups is 1. The van der Waals surface area contributed by atoms with E-state index in [-0.39, 0.29) is 5.91 Å². The first-order valence-electron chi connectivity index (χ1n) is 9.28. The molecule has 2 aromatic heterocycles. The lowest BCUT2D eigenvalue weighted by Crippen LogP contribution is -2.23. The number of hydrogen-bond acceptors (Lipinski definition) is 4. The topological polar surface area (TPSA) is 76.2 Å². The predicted molar refractivity (Wildman–Crippen MR) is 111 cm³/mol. The summed E-state index contributed by atoms with van der Waals surface area (Å²) in [6.45, 7) is 0.847. The summed E-state index contributed by atoms with van der Waals surface area (Å²) in [6.07, 6.45) is 1.74. The molecule has 0 aliphatic carbocycles. The third kappa shape index (κ3) is 4.55. The molecule has 1 amide bonds. The Bertz CT molecular complexity index is 1110. The number of carbonyl (C=O) groups excluding carboxylic acids is 1. The second kappa shape index (κ2) is 8.48. The summed E-state index contributed by atoms with van der Waals surface area (Å²) in [5, 5.41) is 3.89. The summed E-state index contributed by atoms with van der Waals surface area (Å²) < 4.78 is 10.9. The van der Waals surface area contributed by atoms with Gasteiger partial charge in [0, 0.05) is 29.7 Å². The van der Waals surface area contributed by atoms with Crippen molar-refractivity contribution in [2.24, 2.45) is 0 Å². The normalized spacial score (nSPS) is 10.7. The van der Waals surface area contributed by atoms with Gasteiger partial charge >= 0.3 is 0 Å². The van der Waals surface area contributed by atoms with Crippen LogP contribution in [-0.2, 0) is 13.2 Å². The molecule has 6 heteroatoms. The zero-order valence-electron chi connectivity index (χ0n) is 16.0. The van der Waals surface area contributed by atoms with Crippen LogP contribution in [0.5, 0.6) is 11.5 Å². The SMILES string of the molecule is COc1ccc2cc(C(=O)NCc3ccc(OCc4ccccn4)cc3)[nH]c2c1. The number of pyridine rings is 1. The van der Waals surface area contributed by atoms with Crippen molar-refractivity contribution in [1.82, 2.24) is 15.3 Å². The number of methoxy groups -OCH3 is 1. The number of fused-ring (bicyclic) bond motifs is 1. The highest BCUT2D eigenvalue weighted by Crippen LogP contribution is 2.21. The van der Waals surface area contributed by atoms with Crippen molar-refractivity contribution in [3.8, 4) is 11.5 Å². The highest BCUT2D eigenvalue weighted by molar-refractivity contribution is 5.98. The van der Waals surface area contributed by atoms with Crippen LogP contribution < -0.4 is 14.8 Å². The zero-order chi connectivity index (χ0) is 20.1. The molecule has 146 valence electrons. The molecule has 2 aromatic carbocycles. The third-order valence-electron chi connectivity index (χ3n) is 4.56. The first-order chi connectivity index (χ1) is 14.2. The van der Waals surface area contributed by atoms with Crippen LogP contribution >= 0.6 is 0 Å². The molecule has 4 rings (SSSR count). The fourth-order valence-electron chi connectivity index (χ4n) is 2.98. The number of hydrogen-bond donors (Lipinski definition) is 2. The molecule has 6 nitrogen and oxygen atoms in total. The minimum Gasteiger partial charge on any atom is -0.497 e. The predicted octanol–water partition coefficient (Wildman–Crippen LogP) is 4.08. The van der Waals surface area contributed by atoms with Crippen molar-refractivity contribution in [3.05, 3.63) is 89.9 Å². The van der Waals surface area contributed by atoms with E-state index in [9.17, 15) is 4.79 Å². The van der Waals surface area contributed by atoms with Gasteiger partial charge in [0.15, 0.2) is 0 Å². The van der Waals surface area contributed by atoms with E-state index in [1.807, 2.05) is 66.7 Å². The zero-order valence-corrected chi connectivity index (χ0v) is 16.0. The maximum absolute atomic E-state index is 12.5. The number of aromatic amines is 1. The molecule has 2 heterocycles. The van der Waals surface area contributed by atoms with E-state index >= 15 is 0 Å². The number of H-pyrrole nitrogens is 1. The van der Waals surface area contributed by atoms with Gasteiger partial charge in [-0.3, -0.25) is 9.78 Å². The van der Waals surface area contributed by atoms with Crippen molar-refractivity contribution in [1.29, 1.82) is 0 Å². The standard InChI is InChI=1S/C23H21N3O3/c1-28-20-10-7-17-12-22(26-21(17)13-20)23(27)25-14-16-5-8-19(9-6-16)29-15-18-4-2-3-11-24-18/h2-13,26H,14-15H2,1H3,(H,25,27). The van der Waals surface area contributed by atoms with Crippen LogP contribution in [0.2, 0.25) is 0 Å². The van der Waals surface area contributed by atoms with Crippen LogP contribution in [0.25, 0.3) is 10.9 Å². The fourth-order valence-corrected chi connectivity index (χ4v) is 2.98. The Hall–Kier alpha value is -3.80.